The minimum absolute atomic E-state index is 0.146. The second-order valence-electron chi connectivity index (χ2n) is 3.07. The number of hydrogen-bond acceptors (Lipinski definition) is 2. The van der Waals surface area contributed by atoms with Crippen molar-refractivity contribution in [2.45, 2.75) is 19.1 Å². The van der Waals surface area contributed by atoms with E-state index in [1.165, 1.54) is 12.1 Å². The molecule has 2 atom stereocenters. The topological polar surface area (TPSA) is 35.2 Å². The van der Waals surface area contributed by atoms with E-state index in [1.807, 2.05) is 6.92 Å². The van der Waals surface area contributed by atoms with Gasteiger partial charge in [-0.25, -0.2) is 4.39 Å². The lowest BCUT2D eigenvalue weighted by atomic mass is 10.0. The molecule has 0 radical (unpaired) electrons. The van der Waals surface area contributed by atoms with Crippen molar-refractivity contribution < 1.29 is 9.13 Å². The Bertz CT molecular complexity index is 275. The molecule has 0 aliphatic rings. The van der Waals surface area contributed by atoms with Gasteiger partial charge in [-0.15, -0.1) is 0 Å². The summed E-state index contributed by atoms with van der Waals surface area (Å²) >= 11 is 0. The Balaban J connectivity index is 2.91. The van der Waals surface area contributed by atoms with Crippen LogP contribution in [0.15, 0.2) is 24.3 Å². The first-order valence-corrected chi connectivity index (χ1v) is 4.19. The maximum atomic E-state index is 12.8. The van der Waals surface area contributed by atoms with Crippen LogP contribution in [-0.2, 0) is 4.74 Å². The second-order valence-corrected chi connectivity index (χ2v) is 3.07. The molecule has 0 aliphatic carbocycles. The minimum atomic E-state index is -0.264. The van der Waals surface area contributed by atoms with E-state index in [1.54, 1.807) is 19.2 Å². The highest BCUT2D eigenvalue weighted by atomic mass is 19.1. The molecule has 0 bridgehead atoms. The van der Waals surface area contributed by atoms with Crippen LogP contribution < -0.4 is 5.73 Å². The molecule has 2 unspecified atom stereocenters. The third kappa shape index (κ3) is 2.50. The molecular formula is C10H14FNO. The maximum Gasteiger partial charge on any atom is 0.123 e. The van der Waals surface area contributed by atoms with E-state index >= 15 is 0 Å². The molecule has 0 aromatic heterocycles. The van der Waals surface area contributed by atoms with Crippen molar-refractivity contribution >= 4 is 0 Å². The summed E-state index contributed by atoms with van der Waals surface area (Å²) < 4.78 is 18.0. The molecule has 13 heavy (non-hydrogen) atoms. The standard InChI is InChI=1S/C10H14FNO/c1-7(12)10(13-2)8-4-3-5-9(11)6-8/h3-7,10H,12H2,1-2H3. The van der Waals surface area contributed by atoms with Crippen LogP contribution in [0.4, 0.5) is 4.39 Å². The number of hydrogen-bond donors (Lipinski definition) is 1. The quantitative estimate of drug-likeness (QED) is 0.776. The highest BCUT2D eigenvalue weighted by Crippen LogP contribution is 2.19. The highest BCUT2D eigenvalue weighted by Gasteiger charge is 2.15. The van der Waals surface area contributed by atoms with Crippen molar-refractivity contribution in [1.82, 2.24) is 0 Å². The van der Waals surface area contributed by atoms with Crippen molar-refractivity contribution in [1.29, 1.82) is 0 Å². The molecule has 1 rings (SSSR count). The van der Waals surface area contributed by atoms with E-state index in [0.29, 0.717) is 0 Å². The summed E-state index contributed by atoms with van der Waals surface area (Å²) in [5.41, 5.74) is 6.46. The monoisotopic (exact) mass is 183 g/mol. The number of methoxy groups -OCH3 is 1. The second kappa shape index (κ2) is 4.35. The first-order chi connectivity index (χ1) is 6.15. The SMILES string of the molecule is COC(c1cccc(F)c1)C(C)N. The minimum Gasteiger partial charge on any atom is -0.375 e. The molecule has 0 spiro atoms. The van der Waals surface area contributed by atoms with Gasteiger partial charge in [-0.05, 0) is 24.6 Å². The Labute approximate surface area is 77.5 Å². The summed E-state index contributed by atoms with van der Waals surface area (Å²) in [6.07, 6.45) is -0.240. The largest absolute Gasteiger partial charge is 0.375 e. The maximum absolute atomic E-state index is 12.8. The molecular weight excluding hydrogens is 169 g/mol. The molecule has 0 amide bonds. The highest BCUT2D eigenvalue weighted by molar-refractivity contribution is 5.20. The van der Waals surface area contributed by atoms with E-state index in [9.17, 15) is 4.39 Å². The molecule has 2 N–H and O–H groups in total. The predicted octanol–water partition coefficient (Wildman–Crippen LogP) is 1.86. The Morgan fingerprint density at radius 2 is 2.15 bits per heavy atom. The zero-order valence-electron chi connectivity index (χ0n) is 7.83. The van der Waals surface area contributed by atoms with Gasteiger partial charge < -0.3 is 10.5 Å². The van der Waals surface area contributed by atoms with Crippen molar-refractivity contribution in [2.24, 2.45) is 5.73 Å². The summed E-state index contributed by atoms with van der Waals surface area (Å²) in [6.45, 7) is 1.83. The number of halogens is 1. The summed E-state index contributed by atoms with van der Waals surface area (Å²) in [6, 6.07) is 6.15. The Kier molecular flexibility index (Phi) is 3.39. The van der Waals surface area contributed by atoms with Gasteiger partial charge in [0.1, 0.15) is 5.82 Å². The van der Waals surface area contributed by atoms with E-state index < -0.39 is 0 Å². The average Bonchev–Trinajstić information content (AvgIpc) is 2.04. The van der Waals surface area contributed by atoms with E-state index in [0.717, 1.165) is 5.56 Å². The molecule has 0 fully saturated rings. The summed E-state index contributed by atoms with van der Waals surface area (Å²) in [7, 11) is 1.57. The van der Waals surface area contributed by atoms with Gasteiger partial charge in [0.25, 0.3) is 0 Å². The van der Waals surface area contributed by atoms with Crippen LogP contribution in [0.25, 0.3) is 0 Å². The lowest BCUT2D eigenvalue weighted by Gasteiger charge is -2.19. The summed E-state index contributed by atoms with van der Waals surface area (Å²) in [4.78, 5) is 0. The zero-order valence-corrected chi connectivity index (χ0v) is 7.83. The first kappa shape index (κ1) is 10.2. The third-order valence-electron chi connectivity index (χ3n) is 1.91. The van der Waals surface area contributed by atoms with E-state index in [-0.39, 0.29) is 18.0 Å². The van der Waals surface area contributed by atoms with Gasteiger partial charge in [0, 0.05) is 13.2 Å². The average molecular weight is 183 g/mol. The van der Waals surface area contributed by atoms with Gasteiger partial charge in [-0.1, -0.05) is 12.1 Å². The fourth-order valence-corrected chi connectivity index (χ4v) is 1.34. The van der Waals surface area contributed by atoms with E-state index in [2.05, 4.69) is 0 Å². The third-order valence-corrected chi connectivity index (χ3v) is 1.91. The van der Waals surface area contributed by atoms with Crippen LogP contribution in [-0.4, -0.2) is 13.2 Å². The number of benzene rings is 1. The Hall–Kier alpha value is -0.930. The Morgan fingerprint density at radius 3 is 2.62 bits per heavy atom. The van der Waals surface area contributed by atoms with Gasteiger partial charge in [-0.2, -0.15) is 0 Å². The summed E-state index contributed by atoms with van der Waals surface area (Å²) in [5.74, 6) is -0.264. The normalized spacial score (nSPS) is 15.4. The molecule has 0 aliphatic heterocycles. The zero-order chi connectivity index (χ0) is 9.84. The smallest absolute Gasteiger partial charge is 0.123 e. The molecule has 1 aromatic carbocycles. The molecule has 72 valence electrons. The van der Waals surface area contributed by atoms with Gasteiger partial charge in [0.2, 0.25) is 0 Å². The van der Waals surface area contributed by atoms with Crippen molar-refractivity contribution in [3.05, 3.63) is 35.6 Å². The van der Waals surface area contributed by atoms with Crippen LogP contribution in [0.3, 0.4) is 0 Å². The molecule has 0 heterocycles. The van der Waals surface area contributed by atoms with Gasteiger partial charge in [-0.3, -0.25) is 0 Å². The summed E-state index contributed by atoms with van der Waals surface area (Å²) in [5, 5.41) is 0. The molecule has 0 saturated heterocycles. The first-order valence-electron chi connectivity index (χ1n) is 4.19. The van der Waals surface area contributed by atoms with Gasteiger partial charge in [0.15, 0.2) is 0 Å². The van der Waals surface area contributed by atoms with E-state index in [4.69, 9.17) is 10.5 Å². The van der Waals surface area contributed by atoms with Crippen LogP contribution in [0.2, 0.25) is 0 Å². The van der Waals surface area contributed by atoms with Crippen molar-refractivity contribution in [3.63, 3.8) is 0 Å². The van der Waals surface area contributed by atoms with Gasteiger partial charge in [0.05, 0.1) is 6.10 Å². The number of ether oxygens (including phenoxy) is 1. The van der Waals surface area contributed by atoms with Crippen LogP contribution >= 0.6 is 0 Å². The number of rotatable bonds is 3. The van der Waals surface area contributed by atoms with Crippen molar-refractivity contribution in [3.8, 4) is 0 Å². The van der Waals surface area contributed by atoms with Crippen molar-refractivity contribution in [2.75, 3.05) is 7.11 Å². The molecule has 3 heteroatoms. The fraction of sp³-hybridized carbons (Fsp3) is 0.400. The predicted molar refractivity (Wildman–Crippen MR) is 49.8 cm³/mol. The molecule has 1 aromatic rings. The lowest BCUT2D eigenvalue weighted by molar-refractivity contribution is 0.0851. The van der Waals surface area contributed by atoms with Crippen LogP contribution in [0.1, 0.15) is 18.6 Å². The Morgan fingerprint density at radius 1 is 1.46 bits per heavy atom. The van der Waals surface area contributed by atoms with Crippen LogP contribution in [0.5, 0.6) is 0 Å². The lowest BCUT2D eigenvalue weighted by Crippen LogP contribution is -2.26. The van der Waals surface area contributed by atoms with Crippen LogP contribution in [0, 0.1) is 5.82 Å². The van der Waals surface area contributed by atoms with Gasteiger partial charge >= 0.3 is 0 Å². The number of nitrogens with two attached hydrogens (primary N) is 1. The molecule has 2 nitrogen and oxygen atoms in total. The molecule has 0 saturated carbocycles. The fourth-order valence-electron chi connectivity index (χ4n) is 1.34.